The number of rotatable bonds is 4. The van der Waals surface area contributed by atoms with Crippen LogP contribution in [-0.2, 0) is 0 Å². The Morgan fingerprint density at radius 2 is 1.12 bits per heavy atom. The molecule has 0 aliphatic heterocycles. The minimum Gasteiger partial charge on any atom is -0.508 e. The van der Waals surface area contributed by atoms with Crippen molar-refractivity contribution in [3.05, 3.63) is 78.4 Å². The molecule has 0 amide bonds. The van der Waals surface area contributed by atoms with Gasteiger partial charge in [-0.15, -0.1) is 0 Å². The number of benzene rings is 3. The highest BCUT2D eigenvalue weighted by molar-refractivity contribution is 5.64. The van der Waals surface area contributed by atoms with E-state index >= 15 is 0 Å². The van der Waals surface area contributed by atoms with Crippen molar-refractivity contribution in [2.45, 2.75) is 31.6 Å². The lowest BCUT2D eigenvalue weighted by Gasteiger charge is -2.11. The van der Waals surface area contributed by atoms with E-state index in [-0.39, 0.29) is 5.75 Å². The van der Waals surface area contributed by atoms with E-state index in [1.807, 2.05) is 12.1 Å². The molecule has 1 fully saturated rings. The Bertz CT molecular complexity index is 811. The Morgan fingerprint density at radius 3 is 1.68 bits per heavy atom. The van der Waals surface area contributed by atoms with Gasteiger partial charge in [0.05, 0.1) is 0 Å². The average molecular weight is 330 g/mol. The molecule has 0 heterocycles. The molecule has 2 heteroatoms. The molecule has 3 aromatic carbocycles. The van der Waals surface area contributed by atoms with Crippen LogP contribution in [0.15, 0.2) is 72.8 Å². The Morgan fingerprint density at radius 1 is 0.640 bits per heavy atom. The summed E-state index contributed by atoms with van der Waals surface area (Å²) in [5, 5.41) is 9.32. The highest BCUT2D eigenvalue weighted by Crippen LogP contribution is 2.35. The second kappa shape index (κ2) is 7.02. The van der Waals surface area contributed by atoms with E-state index in [1.165, 1.54) is 42.4 Å². The molecule has 0 bridgehead atoms. The van der Waals surface area contributed by atoms with Gasteiger partial charge in [-0.3, -0.25) is 0 Å². The van der Waals surface area contributed by atoms with Crippen molar-refractivity contribution in [1.82, 2.24) is 0 Å². The Kier molecular flexibility index (Phi) is 4.43. The second-order valence-corrected chi connectivity index (χ2v) is 6.72. The van der Waals surface area contributed by atoms with Crippen LogP contribution < -0.4 is 4.74 Å². The van der Waals surface area contributed by atoms with E-state index in [4.69, 9.17) is 4.74 Å². The van der Waals surface area contributed by atoms with Gasteiger partial charge in [0, 0.05) is 0 Å². The normalized spacial score (nSPS) is 14.6. The first kappa shape index (κ1) is 15.8. The van der Waals surface area contributed by atoms with Gasteiger partial charge in [-0.25, -0.2) is 0 Å². The summed E-state index contributed by atoms with van der Waals surface area (Å²) in [6.45, 7) is 0. The zero-order chi connectivity index (χ0) is 17.1. The van der Waals surface area contributed by atoms with Gasteiger partial charge in [0.2, 0.25) is 0 Å². The lowest BCUT2D eigenvalue weighted by atomic mass is 9.95. The van der Waals surface area contributed by atoms with Gasteiger partial charge in [-0.2, -0.15) is 0 Å². The maximum absolute atomic E-state index is 9.32. The summed E-state index contributed by atoms with van der Waals surface area (Å²) in [6.07, 6.45) is 5.41. The van der Waals surface area contributed by atoms with Crippen molar-refractivity contribution in [3.63, 3.8) is 0 Å². The predicted molar refractivity (Wildman–Crippen MR) is 101 cm³/mol. The van der Waals surface area contributed by atoms with Crippen molar-refractivity contribution in [2.24, 2.45) is 0 Å². The van der Waals surface area contributed by atoms with Crippen LogP contribution in [0, 0.1) is 0 Å². The average Bonchev–Trinajstić information content (AvgIpc) is 3.19. The third-order valence-corrected chi connectivity index (χ3v) is 5.00. The predicted octanol–water partition coefficient (Wildman–Crippen LogP) is 6.51. The van der Waals surface area contributed by atoms with Gasteiger partial charge in [0.25, 0.3) is 0 Å². The van der Waals surface area contributed by atoms with E-state index in [0.717, 1.165) is 11.7 Å². The molecule has 4 rings (SSSR count). The zero-order valence-electron chi connectivity index (χ0n) is 14.2. The summed E-state index contributed by atoms with van der Waals surface area (Å²) in [7, 11) is 0. The first-order valence-corrected chi connectivity index (χ1v) is 8.95. The maximum Gasteiger partial charge on any atom is 0.127 e. The van der Waals surface area contributed by atoms with Gasteiger partial charge >= 0.3 is 0 Å². The minimum atomic E-state index is 0.240. The molecular weight excluding hydrogens is 308 g/mol. The largest absolute Gasteiger partial charge is 0.508 e. The lowest BCUT2D eigenvalue weighted by Crippen LogP contribution is -1.91. The van der Waals surface area contributed by atoms with Crippen LogP contribution in [0.25, 0.3) is 11.1 Å². The summed E-state index contributed by atoms with van der Waals surface area (Å²) < 4.78 is 5.80. The second-order valence-electron chi connectivity index (χ2n) is 6.72. The van der Waals surface area contributed by atoms with Crippen LogP contribution >= 0.6 is 0 Å². The van der Waals surface area contributed by atoms with E-state index in [9.17, 15) is 5.11 Å². The van der Waals surface area contributed by atoms with Gasteiger partial charge in [0.1, 0.15) is 17.2 Å². The molecule has 0 aromatic heterocycles. The number of phenolic OH excluding ortho intramolecular Hbond substituents is 1. The molecule has 25 heavy (non-hydrogen) atoms. The van der Waals surface area contributed by atoms with Crippen LogP contribution in [0.5, 0.6) is 17.2 Å². The smallest absolute Gasteiger partial charge is 0.127 e. The summed E-state index contributed by atoms with van der Waals surface area (Å²) in [5.41, 5.74) is 3.91. The third kappa shape index (κ3) is 3.69. The summed E-state index contributed by atoms with van der Waals surface area (Å²) >= 11 is 0. The van der Waals surface area contributed by atoms with Crippen molar-refractivity contribution < 1.29 is 9.84 Å². The SMILES string of the molecule is Oc1ccc(Oc2ccc(-c3ccc(C4CCCC4)cc3)cc2)cc1. The zero-order valence-corrected chi connectivity index (χ0v) is 14.2. The Balaban J connectivity index is 1.46. The molecule has 0 atom stereocenters. The fraction of sp³-hybridized carbons (Fsp3) is 0.217. The lowest BCUT2D eigenvalue weighted by molar-refractivity contribution is 0.464. The van der Waals surface area contributed by atoms with E-state index in [0.29, 0.717) is 5.75 Å². The van der Waals surface area contributed by atoms with Crippen LogP contribution in [0.1, 0.15) is 37.2 Å². The molecule has 0 spiro atoms. The van der Waals surface area contributed by atoms with Crippen molar-refractivity contribution in [3.8, 4) is 28.4 Å². The standard InChI is InChI=1S/C23H22O2/c24-21-11-15-23(16-12-21)25-22-13-9-20(10-14-22)19-7-5-18(6-8-19)17-3-1-2-4-17/h5-17,24H,1-4H2. The summed E-state index contributed by atoms with van der Waals surface area (Å²) in [5.74, 6) is 2.50. The molecule has 1 saturated carbocycles. The van der Waals surface area contributed by atoms with Gasteiger partial charge in [0.15, 0.2) is 0 Å². The number of phenols is 1. The van der Waals surface area contributed by atoms with Gasteiger partial charge in [-0.05, 0) is 71.8 Å². The van der Waals surface area contributed by atoms with Crippen LogP contribution in [0.2, 0.25) is 0 Å². The fourth-order valence-corrected chi connectivity index (χ4v) is 3.57. The Labute approximate surface area is 148 Å². The summed E-state index contributed by atoms with van der Waals surface area (Å²) in [6, 6.07) is 23.9. The van der Waals surface area contributed by atoms with Crippen LogP contribution in [-0.4, -0.2) is 5.11 Å². The maximum atomic E-state index is 9.32. The van der Waals surface area contributed by atoms with E-state index in [2.05, 4.69) is 36.4 Å². The topological polar surface area (TPSA) is 29.5 Å². The summed E-state index contributed by atoms with van der Waals surface area (Å²) in [4.78, 5) is 0. The van der Waals surface area contributed by atoms with Crippen molar-refractivity contribution in [2.75, 3.05) is 0 Å². The molecule has 1 aliphatic carbocycles. The number of hydrogen-bond donors (Lipinski definition) is 1. The number of hydrogen-bond acceptors (Lipinski definition) is 2. The first-order chi connectivity index (χ1) is 12.3. The molecule has 0 unspecified atom stereocenters. The quantitative estimate of drug-likeness (QED) is 0.591. The monoisotopic (exact) mass is 330 g/mol. The molecule has 2 nitrogen and oxygen atoms in total. The Hall–Kier alpha value is -2.74. The van der Waals surface area contributed by atoms with Crippen molar-refractivity contribution >= 4 is 0 Å². The third-order valence-electron chi connectivity index (χ3n) is 5.00. The molecule has 3 aromatic rings. The van der Waals surface area contributed by atoms with E-state index in [1.54, 1.807) is 24.3 Å². The van der Waals surface area contributed by atoms with Crippen molar-refractivity contribution in [1.29, 1.82) is 0 Å². The van der Waals surface area contributed by atoms with Gasteiger partial charge in [-0.1, -0.05) is 49.2 Å². The number of ether oxygens (including phenoxy) is 1. The number of aromatic hydroxyl groups is 1. The highest BCUT2D eigenvalue weighted by atomic mass is 16.5. The molecular formula is C23H22O2. The van der Waals surface area contributed by atoms with Crippen LogP contribution in [0.4, 0.5) is 0 Å². The van der Waals surface area contributed by atoms with E-state index < -0.39 is 0 Å². The molecule has 1 aliphatic rings. The molecule has 126 valence electrons. The minimum absolute atomic E-state index is 0.240. The van der Waals surface area contributed by atoms with Gasteiger partial charge < -0.3 is 9.84 Å². The molecule has 1 N–H and O–H groups in total. The molecule has 0 saturated heterocycles. The first-order valence-electron chi connectivity index (χ1n) is 8.95. The highest BCUT2D eigenvalue weighted by Gasteiger charge is 2.16. The van der Waals surface area contributed by atoms with Crippen LogP contribution in [0.3, 0.4) is 0 Å². The molecule has 0 radical (unpaired) electrons. The fourth-order valence-electron chi connectivity index (χ4n) is 3.57.